The van der Waals surface area contributed by atoms with Crippen molar-refractivity contribution in [2.24, 2.45) is 0 Å². The summed E-state index contributed by atoms with van der Waals surface area (Å²) >= 11 is 0. The molecule has 4 rings (SSSR count). The molecule has 3 heterocycles. The third kappa shape index (κ3) is 3.00. The molecule has 1 aromatic carbocycles. The molecule has 0 aliphatic rings. The first-order valence-electron chi connectivity index (χ1n) is 7.83. The van der Waals surface area contributed by atoms with E-state index < -0.39 is 11.9 Å². The second-order valence-corrected chi connectivity index (χ2v) is 5.75. The third-order valence-corrected chi connectivity index (χ3v) is 4.05. The lowest BCUT2D eigenvalue weighted by atomic mass is 10.1. The lowest BCUT2D eigenvalue weighted by molar-refractivity contribution is -0.140. The van der Waals surface area contributed by atoms with E-state index in [1.807, 2.05) is 12.1 Å². The lowest BCUT2D eigenvalue weighted by Crippen LogP contribution is -2.09. The van der Waals surface area contributed by atoms with Crippen LogP contribution in [0.5, 0.6) is 0 Å². The van der Waals surface area contributed by atoms with Crippen LogP contribution in [0.25, 0.3) is 27.8 Å². The molecule has 0 unspecified atom stereocenters. The monoisotopic (exact) mass is 365 g/mol. The molecule has 5 nitrogen and oxygen atoms in total. The molecule has 0 aliphatic heterocycles. The molecule has 0 aliphatic carbocycles. The zero-order chi connectivity index (χ0) is 19.0. The normalized spacial score (nSPS) is 11.5. The minimum atomic E-state index is -4.65. The van der Waals surface area contributed by atoms with Crippen LogP contribution in [0.3, 0.4) is 0 Å². The van der Waals surface area contributed by atoms with E-state index in [4.69, 9.17) is 0 Å². The summed E-state index contributed by atoms with van der Waals surface area (Å²) in [6, 6.07) is 11.0. The van der Waals surface area contributed by atoms with Gasteiger partial charge in [0.25, 0.3) is 0 Å². The van der Waals surface area contributed by atoms with E-state index in [0.717, 1.165) is 11.6 Å². The van der Waals surface area contributed by atoms with Gasteiger partial charge in [-0.05, 0) is 24.3 Å². The quantitative estimate of drug-likeness (QED) is 0.529. The fourth-order valence-electron chi connectivity index (χ4n) is 2.80. The summed E-state index contributed by atoms with van der Waals surface area (Å²) < 4.78 is 41.2. The largest absolute Gasteiger partial charge is 0.433 e. The molecule has 132 valence electrons. The summed E-state index contributed by atoms with van der Waals surface area (Å²) in [7, 11) is 0. The zero-order valence-corrected chi connectivity index (χ0v) is 13.6. The van der Waals surface area contributed by atoms with Crippen molar-refractivity contribution >= 4 is 10.9 Å². The zero-order valence-electron chi connectivity index (χ0n) is 13.6. The summed E-state index contributed by atoms with van der Waals surface area (Å²) in [5.41, 5.74) is 0.691. The predicted molar refractivity (Wildman–Crippen MR) is 91.8 cm³/mol. The van der Waals surface area contributed by atoms with Gasteiger partial charge >= 0.3 is 6.18 Å². The summed E-state index contributed by atoms with van der Waals surface area (Å²) in [5, 5.41) is 9.62. The molecular weight excluding hydrogens is 355 g/mol. The van der Waals surface area contributed by atoms with Crippen LogP contribution in [0.15, 0.2) is 61.3 Å². The van der Waals surface area contributed by atoms with Crippen LogP contribution in [-0.2, 0) is 6.18 Å². The van der Waals surface area contributed by atoms with Gasteiger partial charge in [-0.1, -0.05) is 12.1 Å². The highest BCUT2D eigenvalue weighted by Gasteiger charge is 2.33. The summed E-state index contributed by atoms with van der Waals surface area (Å²) in [6.45, 7) is 0. The van der Waals surface area contributed by atoms with Crippen molar-refractivity contribution in [2.45, 2.75) is 6.18 Å². The second kappa shape index (κ2) is 6.21. The van der Waals surface area contributed by atoms with E-state index in [0.29, 0.717) is 16.8 Å². The number of halogens is 3. The summed E-state index contributed by atoms with van der Waals surface area (Å²) in [6.07, 6.45) is 1.80. The first kappa shape index (κ1) is 16.7. The number of rotatable bonds is 2. The molecule has 0 saturated carbocycles. The van der Waals surface area contributed by atoms with Gasteiger partial charge in [0, 0.05) is 29.5 Å². The first-order chi connectivity index (χ1) is 13.0. The summed E-state index contributed by atoms with van der Waals surface area (Å²) in [5.74, 6) is 0. The molecule has 0 amide bonds. The third-order valence-electron chi connectivity index (χ3n) is 4.05. The van der Waals surface area contributed by atoms with E-state index in [1.165, 1.54) is 6.33 Å². The highest BCUT2D eigenvalue weighted by Crippen LogP contribution is 2.32. The number of para-hydroxylation sites is 1. The molecule has 0 N–H and O–H groups in total. The standard InChI is InChI=1S/C19H10F3N5/c20-19(21,22)17-7-13(8-23)14-4-1-5-16(18(14)26-17)27-10-15(25-11-27)12-3-2-6-24-9-12/h1-7,9-11H. The molecule has 0 spiro atoms. The van der Waals surface area contributed by atoms with Gasteiger partial charge in [0.15, 0.2) is 0 Å². The first-order valence-corrected chi connectivity index (χ1v) is 7.83. The number of alkyl halides is 3. The molecule has 0 bridgehead atoms. The van der Waals surface area contributed by atoms with Crippen molar-refractivity contribution in [1.29, 1.82) is 5.26 Å². The Balaban J connectivity index is 1.93. The van der Waals surface area contributed by atoms with Crippen molar-refractivity contribution in [3.63, 3.8) is 0 Å². The van der Waals surface area contributed by atoms with Crippen LogP contribution in [0.1, 0.15) is 11.3 Å². The Morgan fingerprint density at radius 3 is 2.67 bits per heavy atom. The van der Waals surface area contributed by atoms with Crippen molar-refractivity contribution in [1.82, 2.24) is 19.5 Å². The minimum absolute atomic E-state index is 0.0817. The Kier molecular flexibility index (Phi) is 3.85. The molecule has 3 aromatic heterocycles. The number of imidazole rings is 1. The van der Waals surface area contributed by atoms with Crippen LogP contribution in [0, 0.1) is 11.3 Å². The topological polar surface area (TPSA) is 67.4 Å². The van der Waals surface area contributed by atoms with Crippen molar-refractivity contribution in [3.05, 3.63) is 72.6 Å². The van der Waals surface area contributed by atoms with Gasteiger partial charge in [0.2, 0.25) is 0 Å². The number of benzene rings is 1. The smallest absolute Gasteiger partial charge is 0.303 e. The van der Waals surface area contributed by atoms with Crippen LogP contribution in [0.2, 0.25) is 0 Å². The molecule has 27 heavy (non-hydrogen) atoms. The van der Waals surface area contributed by atoms with Crippen molar-refractivity contribution in [2.75, 3.05) is 0 Å². The highest BCUT2D eigenvalue weighted by atomic mass is 19.4. The molecule has 0 atom stereocenters. The van der Waals surface area contributed by atoms with Gasteiger partial charge in [-0.3, -0.25) is 4.98 Å². The molecule has 0 radical (unpaired) electrons. The Morgan fingerprint density at radius 1 is 1.11 bits per heavy atom. The predicted octanol–water partition coefficient (Wildman–Crippen LogP) is 4.37. The number of hydrogen-bond acceptors (Lipinski definition) is 4. The van der Waals surface area contributed by atoms with Crippen LogP contribution < -0.4 is 0 Å². The van der Waals surface area contributed by atoms with Crippen LogP contribution in [0.4, 0.5) is 13.2 Å². The number of fused-ring (bicyclic) bond motifs is 1. The maximum Gasteiger partial charge on any atom is 0.433 e. The van der Waals surface area contributed by atoms with Gasteiger partial charge in [-0.25, -0.2) is 9.97 Å². The maximum atomic E-state index is 13.2. The van der Waals surface area contributed by atoms with Crippen molar-refractivity contribution in [3.8, 4) is 23.0 Å². The molecule has 0 fully saturated rings. The van der Waals surface area contributed by atoms with E-state index in [2.05, 4.69) is 15.0 Å². The number of nitriles is 1. The number of aromatic nitrogens is 4. The van der Waals surface area contributed by atoms with Gasteiger partial charge < -0.3 is 4.57 Å². The molecule has 4 aromatic rings. The SMILES string of the molecule is N#Cc1cc(C(F)(F)F)nc2c(-n3cnc(-c4cccnc4)c3)cccc12. The second-order valence-electron chi connectivity index (χ2n) is 5.75. The number of pyridine rings is 2. The van der Waals surface area contributed by atoms with E-state index >= 15 is 0 Å². The van der Waals surface area contributed by atoms with Gasteiger partial charge in [0.1, 0.15) is 5.69 Å². The van der Waals surface area contributed by atoms with E-state index in [-0.39, 0.29) is 11.1 Å². The van der Waals surface area contributed by atoms with E-state index in [9.17, 15) is 18.4 Å². The Hall–Kier alpha value is -3.73. The van der Waals surface area contributed by atoms with Crippen LogP contribution in [-0.4, -0.2) is 19.5 Å². The number of hydrogen-bond donors (Lipinski definition) is 0. The fraction of sp³-hybridized carbons (Fsp3) is 0.0526. The van der Waals surface area contributed by atoms with Gasteiger partial charge in [-0.2, -0.15) is 18.4 Å². The Bertz CT molecular complexity index is 1170. The molecular formula is C19H10F3N5. The maximum absolute atomic E-state index is 13.2. The molecule has 8 heteroatoms. The van der Waals surface area contributed by atoms with Gasteiger partial charge in [0.05, 0.1) is 34.9 Å². The highest BCUT2D eigenvalue weighted by molar-refractivity contribution is 5.91. The Labute approximate surface area is 151 Å². The fourth-order valence-corrected chi connectivity index (χ4v) is 2.80. The summed E-state index contributed by atoms with van der Waals surface area (Å²) in [4.78, 5) is 12.1. The average molecular weight is 365 g/mol. The molecule has 0 saturated heterocycles. The minimum Gasteiger partial charge on any atom is -0.303 e. The van der Waals surface area contributed by atoms with Crippen LogP contribution >= 0.6 is 0 Å². The average Bonchev–Trinajstić information content (AvgIpc) is 3.16. The number of nitrogens with zero attached hydrogens (tertiary/aromatic N) is 5. The van der Waals surface area contributed by atoms with E-state index in [1.54, 1.807) is 47.4 Å². The lowest BCUT2D eigenvalue weighted by Gasteiger charge is -2.11. The van der Waals surface area contributed by atoms with Gasteiger partial charge in [-0.15, -0.1) is 0 Å². The Morgan fingerprint density at radius 2 is 1.96 bits per heavy atom. The van der Waals surface area contributed by atoms with Crippen molar-refractivity contribution < 1.29 is 13.2 Å².